The maximum atomic E-state index is 11.2. The molecule has 4 N–H and O–H groups in total. The van der Waals surface area contributed by atoms with Crippen LogP contribution in [0.15, 0.2) is 24.3 Å². The highest BCUT2D eigenvalue weighted by molar-refractivity contribution is 5.72. The van der Waals surface area contributed by atoms with Gasteiger partial charge in [0.15, 0.2) is 0 Å². The summed E-state index contributed by atoms with van der Waals surface area (Å²) in [6, 6.07) is 6.41. The lowest BCUT2D eigenvalue weighted by atomic mass is 9.79. The Labute approximate surface area is 98.7 Å². The molecule has 0 aromatic heterocycles. The van der Waals surface area contributed by atoms with Crippen LogP contribution in [0.3, 0.4) is 0 Å². The molecule has 0 amide bonds. The Hall–Kier alpha value is -1.59. The summed E-state index contributed by atoms with van der Waals surface area (Å²) in [4.78, 5) is 11.2. The van der Waals surface area contributed by atoms with E-state index in [1.54, 1.807) is 12.1 Å². The van der Waals surface area contributed by atoms with Crippen LogP contribution < -0.4 is 5.32 Å². The van der Waals surface area contributed by atoms with E-state index in [1.807, 2.05) is 0 Å². The molecule has 1 saturated heterocycles. The first-order valence-corrected chi connectivity index (χ1v) is 5.50. The normalized spacial score (nSPS) is 28.9. The van der Waals surface area contributed by atoms with Gasteiger partial charge < -0.3 is 20.6 Å². The number of carboxylic acid groups (broad SMARTS) is 1. The van der Waals surface area contributed by atoms with Gasteiger partial charge in [-0.15, -0.1) is 0 Å². The van der Waals surface area contributed by atoms with E-state index < -0.39 is 23.9 Å². The van der Waals surface area contributed by atoms with Crippen LogP contribution in [-0.2, 0) is 4.79 Å². The van der Waals surface area contributed by atoms with Crippen molar-refractivity contribution >= 4 is 5.97 Å². The van der Waals surface area contributed by atoms with Crippen molar-refractivity contribution in [2.24, 2.45) is 5.92 Å². The lowest BCUT2D eigenvalue weighted by Gasteiger charge is -2.34. The van der Waals surface area contributed by atoms with Crippen molar-refractivity contribution in [3.05, 3.63) is 29.8 Å². The number of piperidine rings is 1. The number of aromatic hydroxyl groups is 1. The van der Waals surface area contributed by atoms with Crippen LogP contribution in [-0.4, -0.2) is 40.5 Å². The number of carbonyl (C=O) groups is 1. The highest BCUT2D eigenvalue weighted by Gasteiger charge is 2.37. The minimum atomic E-state index is -0.940. The first-order valence-electron chi connectivity index (χ1n) is 5.50. The Bertz CT molecular complexity index is 421. The second-order valence-electron chi connectivity index (χ2n) is 4.29. The zero-order chi connectivity index (χ0) is 12.4. The van der Waals surface area contributed by atoms with Crippen LogP contribution in [0.25, 0.3) is 0 Å². The number of hydrogen-bond donors (Lipinski definition) is 4. The number of phenolic OH excluding ortho intramolecular Hbond substituents is 1. The number of aliphatic hydroxyl groups is 1. The summed E-state index contributed by atoms with van der Waals surface area (Å²) in [6.45, 7) is 0.691. The molecule has 2 rings (SSSR count). The van der Waals surface area contributed by atoms with Gasteiger partial charge in [-0.25, -0.2) is 0 Å². The van der Waals surface area contributed by atoms with Gasteiger partial charge in [-0.1, -0.05) is 12.1 Å². The number of nitrogens with one attached hydrogen (secondary N) is 1. The predicted octanol–water partition coefficient (Wildman–Crippen LogP) is 0.141. The molecule has 0 spiro atoms. The third-order valence-electron chi connectivity index (χ3n) is 3.14. The molecule has 0 aliphatic carbocycles. The molecular formula is C12H15NO4. The molecule has 0 unspecified atom stereocenters. The van der Waals surface area contributed by atoms with E-state index >= 15 is 0 Å². The number of aliphatic carboxylic acids is 1. The van der Waals surface area contributed by atoms with Crippen molar-refractivity contribution in [2.75, 3.05) is 13.1 Å². The predicted molar refractivity (Wildman–Crippen MR) is 60.9 cm³/mol. The van der Waals surface area contributed by atoms with E-state index in [4.69, 9.17) is 5.11 Å². The molecule has 0 radical (unpaired) electrons. The van der Waals surface area contributed by atoms with E-state index in [0.717, 1.165) is 0 Å². The standard InChI is InChI=1S/C12H15NO4/c14-8-3-1-2-7(4-8)11-9(12(16)17)5-13-6-10(11)15/h1-4,9-11,13-15H,5-6H2,(H,16,17)/t9-,10+,11+/m0/s1. The average molecular weight is 237 g/mol. The van der Waals surface area contributed by atoms with Gasteiger partial charge in [0.05, 0.1) is 12.0 Å². The number of benzene rings is 1. The molecule has 0 saturated carbocycles. The first kappa shape index (κ1) is 11.9. The largest absolute Gasteiger partial charge is 0.508 e. The van der Waals surface area contributed by atoms with Crippen LogP contribution in [0.5, 0.6) is 5.75 Å². The number of phenols is 1. The van der Waals surface area contributed by atoms with Gasteiger partial charge >= 0.3 is 5.97 Å². The lowest BCUT2D eigenvalue weighted by Crippen LogP contribution is -2.48. The third kappa shape index (κ3) is 2.40. The fourth-order valence-corrected chi connectivity index (χ4v) is 2.34. The molecular weight excluding hydrogens is 222 g/mol. The molecule has 1 aliphatic heterocycles. The Morgan fingerprint density at radius 2 is 2.12 bits per heavy atom. The third-order valence-corrected chi connectivity index (χ3v) is 3.14. The molecule has 17 heavy (non-hydrogen) atoms. The number of rotatable bonds is 2. The summed E-state index contributed by atoms with van der Waals surface area (Å²) in [7, 11) is 0. The molecule has 1 fully saturated rings. The van der Waals surface area contributed by atoms with E-state index in [2.05, 4.69) is 5.32 Å². The number of hydrogen-bond acceptors (Lipinski definition) is 4. The van der Waals surface area contributed by atoms with E-state index in [-0.39, 0.29) is 5.75 Å². The van der Waals surface area contributed by atoms with Crippen LogP contribution in [0.2, 0.25) is 0 Å². The van der Waals surface area contributed by atoms with Crippen molar-refractivity contribution in [2.45, 2.75) is 12.0 Å². The van der Waals surface area contributed by atoms with E-state index in [9.17, 15) is 15.0 Å². The van der Waals surface area contributed by atoms with Gasteiger partial charge in [0.25, 0.3) is 0 Å². The Morgan fingerprint density at radius 1 is 1.35 bits per heavy atom. The van der Waals surface area contributed by atoms with Crippen molar-refractivity contribution in [1.29, 1.82) is 0 Å². The molecule has 92 valence electrons. The second kappa shape index (κ2) is 4.73. The van der Waals surface area contributed by atoms with Gasteiger partial charge in [-0.05, 0) is 17.7 Å². The Balaban J connectivity index is 2.34. The minimum absolute atomic E-state index is 0.0809. The summed E-state index contributed by atoms with van der Waals surface area (Å²) in [6.07, 6.45) is -0.758. The molecule has 1 aromatic carbocycles. The number of β-amino-alcohol motifs (C(OH)–C–C–N with tert-alkyl or cyclic N) is 1. The maximum absolute atomic E-state index is 11.2. The smallest absolute Gasteiger partial charge is 0.308 e. The van der Waals surface area contributed by atoms with Crippen molar-refractivity contribution in [1.82, 2.24) is 5.32 Å². The minimum Gasteiger partial charge on any atom is -0.508 e. The highest BCUT2D eigenvalue weighted by atomic mass is 16.4. The maximum Gasteiger partial charge on any atom is 0.308 e. The average Bonchev–Trinajstić information content (AvgIpc) is 2.28. The topological polar surface area (TPSA) is 89.8 Å². The van der Waals surface area contributed by atoms with Gasteiger partial charge in [0.1, 0.15) is 5.75 Å². The fraction of sp³-hybridized carbons (Fsp3) is 0.417. The summed E-state index contributed by atoms with van der Waals surface area (Å²) >= 11 is 0. The van der Waals surface area contributed by atoms with Gasteiger partial charge in [0, 0.05) is 19.0 Å². The Kier molecular flexibility index (Phi) is 3.31. The summed E-state index contributed by atoms with van der Waals surface area (Å²) in [5, 5.41) is 31.4. The van der Waals surface area contributed by atoms with Gasteiger partial charge in [-0.3, -0.25) is 4.79 Å². The molecule has 1 aliphatic rings. The SMILES string of the molecule is O=C(O)[C@H]1CNC[C@@H](O)[C@@H]1c1cccc(O)c1. The van der Waals surface area contributed by atoms with E-state index in [0.29, 0.717) is 18.7 Å². The molecule has 5 nitrogen and oxygen atoms in total. The summed E-state index contributed by atoms with van der Waals surface area (Å²) in [5.41, 5.74) is 0.659. The number of aliphatic hydroxyl groups excluding tert-OH is 1. The molecule has 5 heteroatoms. The highest BCUT2D eigenvalue weighted by Crippen LogP contribution is 2.32. The molecule has 3 atom stereocenters. The van der Waals surface area contributed by atoms with E-state index in [1.165, 1.54) is 12.1 Å². The summed E-state index contributed by atoms with van der Waals surface area (Å²) in [5.74, 6) is -2.02. The first-order chi connectivity index (χ1) is 8.09. The second-order valence-corrected chi connectivity index (χ2v) is 4.29. The summed E-state index contributed by atoms with van der Waals surface area (Å²) < 4.78 is 0. The van der Waals surface area contributed by atoms with Gasteiger partial charge in [0.2, 0.25) is 0 Å². The lowest BCUT2D eigenvalue weighted by molar-refractivity contribution is -0.144. The zero-order valence-corrected chi connectivity index (χ0v) is 9.21. The molecule has 1 aromatic rings. The van der Waals surface area contributed by atoms with Crippen LogP contribution in [0.1, 0.15) is 11.5 Å². The molecule has 1 heterocycles. The quantitative estimate of drug-likeness (QED) is 0.587. The van der Waals surface area contributed by atoms with Gasteiger partial charge in [-0.2, -0.15) is 0 Å². The van der Waals surface area contributed by atoms with Crippen LogP contribution in [0.4, 0.5) is 0 Å². The number of carboxylic acids is 1. The van der Waals surface area contributed by atoms with Crippen molar-refractivity contribution in [3.63, 3.8) is 0 Å². The Morgan fingerprint density at radius 3 is 2.76 bits per heavy atom. The van der Waals surface area contributed by atoms with Crippen molar-refractivity contribution < 1.29 is 20.1 Å². The van der Waals surface area contributed by atoms with Crippen molar-refractivity contribution in [3.8, 4) is 5.75 Å². The zero-order valence-electron chi connectivity index (χ0n) is 9.21. The van der Waals surface area contributed by atoms with Crippen LogP contribution >= 0.6 is 0 Å². The monoisotopic (exact) mass is 237 g/mol. The fourth-order valence-electron chi connectivity index (χ4n) is 2.34. The molecule has 0 bridgehead atoms. The van der Waals surface area contributed by atoms with Crippen LogP contribution in [0, 0.1) is 5.92 Å².